The van der Waals surface area contributed by atoms with Crippen molar-refractivity contribution in [2.45, 2.75) is 53.1 Å². The first-order valence-electron chi connectivity index (χ1n) is 7.79. The standard InChI is InChI=1S/C16H28N4O/c1-12-13(11-18-19(12)5)10-17-14-6-8-20(9-7-14)15(21)16(2,3)4/h11,14,17H,6-10H2,1-5H3. The predicted molar refractivity (Wildman–Crippen MR) is 83.8 cm³/mol. The van der Waals surface area contributed by atoms with Crippen LogP contribution in [-0.2, 0) is 18.4 Å². The van der Waals surface area contributed by atoms with Crippen molar-refractivity contribution in [2.24, 2.45) is 12.5 Å². The van der Waals surface area contributed by atoms with Crippen LogP contribution in [0.15, 0.2) is 6.20 Å². The van der Waals surface area contributed by atoms with E-state index in [9.17, 15) is 4.79 Å². The topological polar surface area (TPSA) is 50.2 Å². The highest BCUT2D eigenvalue weighted by Crippen LogP contribution is 2.21. The Morgan fingerprint density at radius 2 is 2.00 bits per heavy atom. The van der Waals surface area contributed by atoms with Crippen LogP contribution in [0.1, 0.15) is 44.9 Å². The molecule has 1 aliphatic heterocycles. The number of likely N-dealkylation sites (tertiary alicyclic amines) is 1. The van der Waals surface area contributed by atoms with Gasteiger partial charge in [0.1, 0.15) is 0 Å². The first-order valence-corrected chi connectivity index (χ1v) is 7.79. The van der Waals surface area contributed by atoms with Crippen molar-refractivity contribution in [2.75, 3.05) is 13.1 Å². The number of aromatic nitrogens is 2. The molecule has 1 amide bonds. The van der Waals surface area contributed by atoms with Crippen molar-refractivity contribution in [3.8, 4) is 0 Å². The average molecular weight is 292 g/mol. The quantitative estimate of drug-likeness (QED) is 0.925. The van der Waals surface area contributed by atoms with E-state index in [2.05, 4.69) is 17.3 Å². The van der Waals surface area contributed by atoms with Gasteiger partial charge >= 0.3 is 0 Å². The van der Waals surface area contributed by atoms with E-state index in [4.69, 9.17) is 0 Å². The summed E-state index contributed by atoms with van der Waals surface area (Å²) in [5.74, 6) is 0.268. The maximum absolute atomic E-state index is 12.2. The maximum atomic E-state index is 12.2. The molecule has 0 unspecified atom stereocenters. The largest absolute Gasteiger partial charge is 0.342 e. The summed E-state index contributed by atoms with van der Waals surface area (Å²) < 4.78 is 1.90. The second-order valence-electron chi connectivity index (χ2n) is 7.08. The van der Waals surface area contributed by atoms with Crippen LogP contribution in [0.4, 0.5) is 0 Å². The Bertz CT molecular complexity index is 493. The Kier molecular flexibility index (Phi) is 4.71. The van der Waals surface area contributed by atoms with Gasteiger partial charge in [-0.2, -0.15) is 5.10 Å². The molecular weight excluding hydrogens is 264 g/mol. The molecule has 21 heavy (non-hydrogen) atoms. The fourth-order valence-electron chi connectivity index (χ4n) is 2.73. The zero-order valence-electron chi connectivity index (χ0n) is 13.9. The lowest BCUT2D eigenvalue weighted by atomic mass is 9.93. The van der Waals surface area contributed by atoms with E-state index in [1.165, 1.54) is 11.3 Å². The SMILES string of the molecule is Cc1c(CNC2CCN(C(=O)C(C)(C)C)CC2)cnn1C. The van der Waals surface area contributed by atoms with Gasteiger partial charge in [0.05, 0.1) is 6.20 Å². The van der Waals surface area contributed by atoms with Gasteiger partial charge in [0.25, 0.3) is 0 Å². The molecular formula is C16H28N4O. The molecule has 1 aromatic heterocycles. The fourth-order valence-corrected chi connectivity index (χ4v) is 2.73. The summed E-state index contributed by atoms with van der Waals surface area (Å²) in [4.78, 5) is 14.3. The molecule has 5 heteroatoms. The number of piperidine rings is 1. The van der Waals surface area contributed by atoms with Crippen molar-refractivity contribution in [1.29, 1.82) is 0 Å². The van der Waals surface area contributed by atoms with Gasteiger partial charge in [0.2, 0.25) is 5.91 Å². The number of nitrogens with zero attached hydrogens (tertiary/aromatic N) is 3. The molecule has 2 rings (SSSR count). The Labute approximate surface area is 127 Å². The maximum Gasteiger partial charge on any atom is 0.227 e. The molecule has 5 nitrogen and oxygen atoms in total. The van der Waals surface area contributed by atoms with Crippen molar-refractivity contribution in [1.82, 2.24) is 20.0 Å². The molecule has 0 radical (unpaired) electrons. The number of aryl methyl sites for hydroxylation is 1. The third kappa shape index (κ3) is 3.84. The molecule has 1 aliphatic rings. The minimum absolute atomic E-state index is 0.268. The molecule has 1 fully saturated rings. The lowest BCUT2D eigenvalue weighted by Crippen LogP contribution is -2.48. The van der Waals surface area contributed by atoms with Crippen LogP contribution in [0.3, 0.4) is 0 Å². The Morgan fingerprint density at radius 1 is 1.38 bits per heavy atom. The second-order valence-corrected chi connectivity index (χ2v) is 7.08. The van der Waals surface area contributed by atoms with E-state index in [1.807, 2.05) is 43.6 Å². The van der Waals surface area contributed by atoms with Crippen LogP contribution >= 0.6 is 0 Å². The van der Waals surface area contributed by atoms with Crippen molar-refractivity contribution >= 4 is 5.91 Å². The summed E-state index contributed by atoms with van der Waals surface area (Å²) in [6.45, 7) is 10.6. The highest BCUT2D eigenvalue weighted by molar-refractivity contribution is 5.81. The zero-order chi connectivity index (χ0) is 15.6. The van der Waals surface area contributed by atoms with E-state index in [0.717, 1.165) is 32.5 Å². The van der Waals surface area contributed by atoms with Gasteiger partial charge in [0.15, 0.2) is 0 Å². The van der Waals surface area contributed by atoms with Crippen LogP contribution < -0.4 is 5.32 Å². The molecule has 0 saturated carbocycles. The molecule has 0 bridgehead atoms. The van der Waals surface area contributed by atoms with Crippen LogP contribution in [0.2, 0.25) is 0 Å². The van der Waals surface area contributed by atoms with Gasteiger partial charge in [-0.3, -0.25) is 9.48 Å². The van der Waals surface area contributed by atoms with Crippen LogP contribution in [0.5, 0.6) is 0 Å². The first kappa shape index (κ1) is 16.0. The van der Waals surface area contributed by atoms with Crippen molar-refractivity contribution in [3.05, 3.63) is 17.5 Å². The number of rotatable bonds is 3. The molecule has 1 saturated heterocycles. The normalized spacial score (nSPS) is 17.3. The number of carbonyl (C=O) groups is 1. The van der Waals surface area contributed by atoms with Crippen LogP contribution in [-0.4, -0.2) is 39.7 Å². The highest BCUT2D eigenvalue weighted by Gasteiger charge is 2.30. The zero-order valence-corrected chi connectivity index (χ0v) is 13.9. The van der Waals surface area contributed by atoms with E-state index in [0.29, 0.717) is 6.04 Å². The monoisotopic (exact) mass is 292 g/mol. The Hall–Kier alpha value is -1.36. The van der Waals surface area contributed by atoms with Gasteiger partial charge in [0, 0.05) is 49.4 Å². The third-order valence-corrected chi connectivity index (χ3v) is 4.34. The van der Waals surface area contributed by atoms with E-state index in [1.54, 1.807) is 0 Å². The van der Waals surface area contributed by atoms with Gasteiger partial charge in [-0.05, 0) is 19.8 Å². The van der Waals surface area contributed by atoms with E-state index in [-0.39, 0.29) is 11.3 Å². The smallest absolute Gasteiger partial charge is 0.227 e. The summed E-state index contributed by atoms with van der Waals surface area (Å²) >= 11 is 0. The van der Waals surface area contributed by atoms with Crippen LogP contribution in [0, 0.1) is 12.3 Å². The van der Waals surface area contributed by atoms with Gasteiger partial charge in [-0.25, -0.2) is 0 Å². The lowest BCUT2D eigenvalue weighted by molar-refractivity contribution is -0.140. The molecule has 0 aromatic carbocycles. The second kappa shape index (κ2) is 6.18. The van der Waals surface area contributed by atoms with Crippen molar-refractivity contribution in [3.63, 3.8) is 0 Å². The minimum Gasteiger partial charge on any atom is -0.342 e. The van der Waals surface area contributed by atoms with Gasteiger partial charge < -0.3 is 10.2 Å². The number of hydrogen-bond acceptors (Lipinski definition) is 3. The van der Waals surface area contributed by atoms with Gasteiger partial charge in [-0.1, -0.05) is 20.8 Å². The number of carbonyl (C=O) groups excluding carboxylic acids is 1. The highest BCUT2D eigenvalue weighted by atomic mass is 16.2. The minimum atomic E-state index is -0.271. The summed E-state index contributed by atoms with van der Waals surface area (Å²) in [6, 6.07) is 0.494. The van der Waals surface area contributed by atoms with Crippen LogP contribution in [0.25, 0.3) is 0 Å². The van der Waals surface area contributed by atoms with Crippen molar-refractivity contribution < 1.29 is 4.79 Å². The molecule has 0 aliphatic carbocycles. The Balaban J connectivity index is 1.80. The summed E-state index contributed by atoms with van der Waals surface area (Å²) in [6.07, 6.45) is 3.99. The molecule has 118 valence electrons. The molecule has 1 N–H and O–H groups in total. The van der Waals surface area contributed by atoms with E-state index < -0.39 is 0 Å². The molecule has 0 atom stereocenters. The average Bonchev–Trinajstić information content (AvgIpc) is 2.75. The number of hydrogen-bond donors (Lipinski definition) is 1. The summed E-state index contributed by atoms with van der Waals surface area (Å²) in [7, 11) is 1.97. The number of nitrogens with one attached hydrogen (secondary N) is 1. The third-order valence-electron chi connectivity index (χ3n) is 4.34. The predicted octanol–water partition coefficient (Wildman–Crippen LogP) is 1.86. The Morgan fingerprint density at radius 3 is 2.48 bits per heavy atom. The summed E-state index contributed by atoms with van der Waals surface area (Å²) in [5.41, 5.74) is 2.20. The summed E-state index contributed by atoms with van der Waals surface area (Å²) in [5, 5.41) is 7.86. The molecule has 0 spiro atoms. The molecule has 1 aromatic rings. The lowest BCUT2D eigenvalue weighted by Gasteiger charge is -2.36. The van der Waals surface area contributed by atoms with Gasteiger partial charge in [-0.15, -0.1) is 0 Å². The van der Waals surface area contributed by atoms with E-state index >= 15 is 0 Å². The number of amides is 1. The first-order chi connectivity index (χ1) is 9.79. The fraction of sp³-hybridized carbons (Fsp3) is 0.750. The molecule has 2 heterocycles.